The van der Waals surface area contributed by atoms with Crippen LogP contribution in [0, 0.1) is 0 Å². The summed E-state index contributed by atoms with van der Waals surface area (Å²) in [4.78, 5) is 15.6. The van der Waals surface area contributed by atoms with Crippen LogP contribution in [0.25, 0.3) is 0 Å². The van der Waals surface area contributed by atoms with Crippen molar-refractivity contribution in [2.45, 2.75) is 51.0 Å². The molecule has 2 atom stereocenters. The monoisotopic (exact) mass is 344 g/mol. The number of rotatable bonds is 6. The average Bonchev–Trinajstić information content (AvgIpc) is 2.37. The van der Waals surface area contributed by atoms with Gasteiger partial charge in [-0.1, -0.05) is 38.4 Å². The summed E-state index contributed by atoms with van der Waals surface area (Å²) in [6, 6.07) is 2.61. The molecule has 0 aliphatic heterocycles. The van der Waals surface area contributed by atoms with Gasteiger partial charge in [-0.05, 0) is 31.2 Å². The molecule has 0 spiro atoms. The van der Waals surface area contributed by atoms with Crippen LogP contribution in [0.3, 0.4) is 0 Å². The Morgan fingerprint density at radius 3 is 2.45 bits per heavy atom. The van der Waals surface area contributed by atoms with Crippen LogP contribution in [0.15, 0.2) is 18.3 Å². The predicted octanol–water partition coefficient (Wildman–Crippen LogP) is 3.47. The smallest absolute Gasteiger partial charge is 0.323 e. The van der Waals surface area contributed by atoms with Gasteiger partial charge in [-0.25, -0.2) is 4.98 Å². The maximum Gasteiger partial charge on any atom is 0.323 e. The first-order valence-electron chi connectivity index (χ1n) is 7.19. The summed E-state index contributed by atoms with van der Waals surface area (Å²) in [5.41, 5.74) is 0.593. The normalized spacial score (nSPS) is 15.4. The maximum atomic E-state index is 11.6. The molecule has 1 aromatic rings. The van der Waals surface area contributed by atoms with E-state index in [0.29, 0.717) is 5.56 Å². The van der Waals surface area contributed by atoms with Crippen molar-refractivity contribution in [2.24, 2.45) is 0 Å². The molecule has 0 amide bonds. The molecule has 1 heterocycles. The van der Waals surface area contributed by atoms with E-state index in [2.05, 4.69) is 44.2 Å². The summed E-state index contributed by atoms with van der Waals surface area (Å²) in [6.45, 7) is 10.5. The highest BCUT2D eigenvalue weighted by Crippen LogP contribution is 2.41. The lowest BCUT2D eigenvalue weighted by Gasteiger charge is -2.40. The number of aromatic nitrogens is 1. The fourth-order valence-corrected chi connectivity index (χ4v) is 3.30. The number of carbonyl (C=O) groups is 1. The quantitative estimate of drug-likeness (QED) is 0.610. The predicted molar refractivity (Wildman–Crippen MR) is 90.8 cm³/mol. The first-order chi connectivity index (χ1) is 10.0. The van der Waals surface area contributed by atoms with Gasteiger partial charge in [-0.2, -0.15) is 0 Å². The molecule has 0 saturated heterocycles. The number of nitrogens with zero attached hydrogens (tertiary/aromatic N) is 1. The molecule has 124 valence electrons. The van der Waals surface area contributed by atoms with Crippen LogP contribution in [0.4, 0.5) is 0 Å². The van der Waals surface area contributed by atoms with E-state index in [1.165, 1.54) is 0 Å². The Morgan fingerprint density at radius 1 is 1.45 bits per heavy atom. The van der Waals surface area contributed by atoms with E-state index >= 15 is 0 Å². The number of carboxylic acid groups (broad SMARTS) is 1. The van der Waals surface area contributed by atoms with Gasteiger partial charge in [0.1, 0.15) is 11.2 Å². The van der Waals surface area contributed by atoms with Crippen molar-refractivity contribution in [1.82, 2.24) is 10.3 Å². The Kier molecular flexibility index (Phi) is 6.15. The third kappa shape index (κ3) is 4.29. The molecule has 0 aliphatic carbocycles. The molecule has 0 saturated carbocycles. The molecule has 0 aromatic carbocycles. The Bertz CT molecular complexity index is 532. The summed E-state index contributed by atoms with van der Waals surface area (Å²) in [5, 5.41) is 12.5. The molecule has 0 aliphatic rings. The first-order valence-corrected chi connectivity index (χ1v) is 10.5. The summed E-state index contributed by atoms with van der Waals surface area (Å²) < 4.78 is 6.35. The third-order valence-electron chi connectivity index (χ3n) is 4.20. The Morgan fingerprint density at radius 2 is 2.05 bits per heavy atom. The van der Waals surface area contributed by atoms with E-state index < -0.39 is 26.4 Å². The zero-order chi connectivity index (χ0) is 17.1. The van der Waals surface area contributed by atoms with Crippen LogP contribution < -0.4 is 5.32 Å². The van der Waals surface area contributed by atoms with E-state index in [0.717, 1.165) is 0 Å². The number of pyridine rings is 1. The van der Waals surface area contributed by atoms with Crippen molar-refractivity contribution < 1.29 is 14.3 Å². The minimum absolute atomic E-state index is 0.0449. The fourth-order valence-electron chi connectivity index (χ4n) is 1.82. The second-order valence-corrected chi connectivity index (χ2v) is 11.9. The summed E-state index contributed by atoms with van der Waals surface area (Å²) in [6.07, 6.45) is 0.884. The zero-order valence-corrected chi connectivity index (χ0v) is 15.7. The molecule has 0 radical (unpaired) electrons. The lowest BCUT2D eigenvalue weighted by Crippen LogP contribution is -2.48. The number of nitrogens with one attached hydrogen (secondary N) is 1. The van der Waals surface area contributed by atoms with Crippen LogP contribution in [-0.4, -0.2) is 37.5 Å². The van der Waals surface area contributed by atoms with Crippen LogP contribution in [0.2, 0.25) is 23.3 Å². The number of halogens is 1. The Balaban J connectivity index is 3.30. The largest absolute Gasteiger partial charge is 0.480 e. The van der Waals surface area contributed by atoms with E-state index in [-0.39, 0.29) is 10.2 Å². The Labute approximate surface area is 138 Å². The summed E-state index contributed by atoms with van der Waals surface area (Å²) in [5.74, 6) is -0.980. The number of likely N-dealkylation sites (N-methyl/N-ethyl adjacent to an activating group) is 1. The van der Waals surface area contributed by atoms with Crippen LogP contribution in [0.1, 0.15) is 32.4 Å². The molecular formula is C15H25ClN2O3Si. The van der Waals surface area contributed by atoms with Crippen molar-refractivity contribution in [2.75, 3.05) is 7.05 Å². The summed E-state index contributed by atoms with van der Waals surface area (Å²) in [7, 11) is -0.586. The van der Waals surface area contributed by atoms with Crippen molar-refractivity contribution in [3.63, 3.8) is 0 Å². The maximum absolute atomic E-state index is 11.6. The second-order valence-electron chi connectivity index (χ2n) is 6.79. The third-order valence-corrected chi connectivity index (χ3v) is 8.97. The van der Waals surface area contributed by atoms with Gasteiger partial charge in [0.15, 0.2) is 8.32 Å². The molecule has 5 nitrogen and oxygen atoms in total. The molecule has 2 N–H and O–H groups in total. The number of hydrogen-bond acceptors (Lipinski definition) is 4. The number of carboxylic acids is 1. The second kappa shape index (κ2) is 7.08. The van der Waals surface area contributed by atoms with Crippen molar-refractivity contribution in [3.05, 3.63) is 29.0 Å². The molecular weight excluding hydrogens is 320 g/mol. The molecule has 1 rings (SSSR count). The fraction of sp³-hybridized carbons (Fsp3) is 0.600. The highest BCUT2D eigenvalue weighted by atomic mass is 35.5. The lowest BCUT2D eigenvalue weighted by molar-refractivity contribution is -0.142. The topological polar surface area (TPSA) is 71.5 Å². The highest BCUT2D eigenvalue weighted by molar-refractivity contribution is 6.74. The first kappa shape index (κ1) is 19.1. The zero-order valence-electron chi connectivity index (χ0n) is 14.0. The SMILES string of the molecule is CNC(C(=O)O)C(O[Si](C)(C)C(C)(C)C)c1cccnc1Cl. The molecule has 7 heteroatoms. The van der Waals surface area contributed by atoms with Gasteiger partial charge in [0, 0.05) is 11.8 Å². The standard InChI is InChI=1S/C15H25ClN2O3Si/c1-15(2,3)22(5,6)21-12(11(17-4)14(19)20)10-8-7-9-18-13(10)16/h7-9,11-12,17H,1-6H3,(H,19,20). The molecule has 0 fully saturated rings. The van der Waals surface area contributed by atoms with Crippen LogP contribution in [-0.2, 0) is 9.22 Å². The van der Waals surface area contributed by atoms with E-state index in [4.69, 9.17) is 16.0 Å². The van der Waals surface area contributed by atoms with Crippen molar-refractivity contribution >= 4 is 25.9 Å². The molecule has 1 aromatic heterocycles. The summed E-state index contributed by atoms with van der Waals surface area (Å²) >= 11 is 6.17. The van der Waals surface area contributed by atoms with Crippen molar-refractivity contribution in [1.29, 1.82) is 0 Å². The van der Waals surface area contributed by atoms with Crippen molar-refractivity contribution in [3.8, 4) is 0 Å². The van der Waals surface area contributed by atoms with Gasteiger partial charge in [0.05, 0.1) is 6.10 Å². The van der Waals surface area contributed by atoms with Gasteiger partial charge >= 0.3 is 5.97 Å². The van der Waals surface area contributed by atoms with Gasteiger partial charge in [-0.3, -0.25) is 4.79 Å². The van der Waals surface area contributed by atoms with Gasteiger partial charge in [0.25, 0.3) is 0 Å². The highest BCUT2D eigenvalue weighted by Gasteiger charge is 2.43. The van der Waals surface area contributed by atoms with Gasteiger partial charge in [-0.15, -0.1) is 0 Å². The van der Waals surface area contributed by atoms with Gasteiger partial charge in [0.2, 0.25) is 0 Å². The minimum Gasteiger partial charge on any atom is -0.480 e. The van der Waals surface area contributed by atoms with E-state index in [9.17, 15) is 9.90 Å². The lowest BCUT2D eigenvalue weighted by atomic mass is 10.0. The van der Waals surface area contributed by atoms with Crippen LogP contribution >= 0.6 is 11.6 Å². The average molecular weight is 345 g/mol. The number of hydrogen-bond donors (Lipinski definition) is 2. The molecule has 0 bridgehead atoms. The van der Waals surface area contributed by atoms with E-state index in [1.54, 1.807) is 25.4 Å². The minimum atomic E-state index is -2.19. The van der Waals surface area contributed by atoms with E-state index in [1.807, 2.05) is 0 Å². The number of aliphatic carboxylic acids is 1. The molecule has 2 unspecified atom stereocenters. The molecule has 22 heavy (non-hydrogen) atoms. The van der Waals surface area contributed by atoms with Crippen LogP contribution in [0.5, 0.6) is 0 Å². The van der Waals surface area contributed by atoms with Gasteiger partial charge < -0.3 is 14.8 Å². The Hall–Kier alpha value is -0.953.